The summed E-state index contributed by atoms with van der Waals surface area (Å²) in [5.41, 5.74) is 0. The molecule has 0 spiro atoms. The van der Waals surface area contributed by atoms with Crippen LogP contribution in [0.4, 0.5) is 0 Å². The average molecular weight is 551 g/mol. The molecule has 2 amide bonds. The Hall–Kier alpha value is -1.10. The predicted molar refractivity (Wildman–Crippen MR) is 137 cm³/mol. The normalized spacial score (nSPS) is 20.2. The summed E-state index contributed by atoms with van der Waals surface area (Å²) < 4.78 is 0. The Labute approximate surface area is 205 Å². The van der Waals surface area contributed by atoms with Gasteiger partial charge >= 0.3 is 0 Å². The van der Waals surface area contributed by atoms with Crippen molar-refractivity contribution in [3.63, 3.8) is 0 Å². The average Bonchev–Trinajstić information content (AvgIpc) is 3.09. The van der Waals surface area contributed by atoms with Gasteiger partial charge in [-0.1, -0.05) is 6.42 Å². The second-order valence-corrected chi connectivity index (χ2v) is 8.51. The molecule has 8 nitrogen and oxygen atoms in total. The minimum Gasteiger partial charge on any atom is -0.357 e. The number of amides is 2. The molecule has 1 atom stereocenters. The maximum absolute atomic E-state index is 12.3. The topological polar surface area (TPSA) is 80.3 Å². The molecule has 1 unspecified atom stereocenters. The molecule has 2 saturated heterocycles. The highest BCUT2D eigenvalue weighted by atomic mass is 127. The molecule has 0 aromatic rings. The zero-order valence-electron chi connectivity index (χ0n) is 19.7. The Morgan fingerprint density at radius 1 is 1.10 bits per heavy atom. The molecule has 2 heterocycles. The van der Waals surface area contributed by atoms with E-state index in [1.54, 1.807) is 4.90 Å². The van der Waals surface area contributed by atoms with Gasteiger partial charge in [0.25, 0.3) is 0 Å². The van der Waals surface area contributed by atoms with E-state index in [1.807, 2.05) is 19.0 Å². The van der Waals surface area contributed by atoms with Crippen LogP contribution in [-0.2, 0) is 9.59 Å². The molecule has 31 heavy (non-hydrogen) atoms. The molecule has 0 bridgehead atoms. The zero-order valence-corrected chi connectivity index (χ0v) is 22.0. The third-order valence-corrected chi connectivity index (χ3v) is 5.88. The van der Waals surface area contributed by atoms with Crippen LogP contribution in [0.3, 0.4) is 0 Å². The summed E-state index contributed by atoms with van der Waals surface area (Å²) in [5, 5.41) is 6.70. The summed E-state index contributed by atoms with van der Waals surface area (Å²) in [6.07, 6.45) is 7.95. The number of hydrogen-bond acceptors (Lipinski definition) is 4. The quantitative estimate of drug-likeness (QED) is 0.188. The standard InChI is InChI=1S/C22H42N6O2.HI/c1-4-23-22(25-14-10-18-28-15-7-5-6-12-20(28)29)24-13-9-17-27-16-8-11-19(27)21(30)26(2)3;/h19H,4-18H2,1-3H3,(H2,23,24,25);1H. The van der Waals surface area contributed by atoms with Crippen LogP contribution in [0.2, 0.25) is 0 Å². The highest BCUT2D eigenvalue weighted by Crippen LogP contribution is 2.18. The molecule has 2 aliphatic heterocycles. The molecule has 9 heteroatoms. The highest BCUT2D eigenvalue weighted by molar-refractivity contribution is 14.0. The molecular weight excluding hydrogens is 507 g/mol. The van der Waals surface area contributed by atoms with E-state index in [0.29, 0.717) is 18.9 Å². The van der Waals surface area contributed by atoms with E-state index in [2.05, 4.69) is 27.4 Å². The number of aliphatic imine (C=N–C) groups is 1. The Kier molecular flexibility index (Phi) is 14.1. The number of likely N-dealkylation sites (N-methyl/N-ethyl adjacent to an activating group) is 1. The van der Waals surface area contributed by atoms with Gasteiger partial charge in [-0.25, -0.2) is 0 Å². The van der Waals surface area contributed by atoms with Gasteiger partial charge in [0.2, 0.25) is 11.8 Å². The molecule has 0 aliphatic carbocycles. The van der Waals surface area contributed by atoms with Crippen LogP contribution in [0.5, 0.6) is 0 Å². The highest BCUT2D eigenvalue weighted by Gasteiger charge is 2.30. The third-order valence-electron chi connectivity index (χ3n) is 5.88. The second kappa shape index (κ2) is 15.7. The number of guanidine groups is 1. The first kappa shape index (κ1) is 27.9. The van der Waals surface area contributed by atoms with Crippen molar-refractivity contribution in [3.05, 3.63) is 0 Å². The number of nitrogens with zero attached hydrogens (tertiary/aromatic N) is 4. The lowest BCUT2D eigenvalue weighted by molar-refractivity contribution is -0.133. The maximum Gasteiger partial charge on any atom is 0.239 e. The van der Waals surface area contributed by atoms with E-state index in [1.165, 1.54) is 0 Å². The number of nitrogens with one attached hydrogen (secondary N) is 2. The Morgan fingerprint density at radius 3 is 2.65 bits per heavy atom. The Bertz CT molecular complexity index is 572. The monoisotopic (exact) mass is 550 g/mol. The van der Waals surface area contributed by atoms with Crippen molar-refractivity contribution in [2.24, 2.45) is 4.99 Å². The summed E-state index contributed by atoms with van der Waals surface area (Å²) >= 11 is 0. The molecule has 2 aliphatic rings. The van der Waals surface area contributed by atoms with E-state index >= 15 is 0 Å². The number of likely N-dealkylation sites (tertiary alicyclic amines) is 2. The van der Waals surface area contributed by atoms with Gasteiger partial charge in [-0.3, -0.25) is 19.5 Å². The van der Waals surface area contributed by atoms with Gasteiger partial charge in [0.15, 0.2) is 5.96 Å². The minimum absolute atomic E-state index is 0. The molecule has 2 fully saturated rings. The summed E-state index contributed by atoms with van der Waals surface area (Å²) in [4.78, 5) is 35.1. The van der Waals surface area contributed by atoms with Gasteiger partial charge in [-0.05, 0) is 52.0 Å². The summed E-state index contributed by atoms with van der Waals surface area (Å²) in [6.45, 7) is 8.06. The van der Waals surface area contributed by atoms with Gasteiger partial charge < -0.3 is 20.4 Å². The lowest BCUT2D eigenvalue weighted by atomic mass is 10.2. The van der Waals surface area contributed by atoms with Crippen LogP contribution in [0.25, 0.3) is 0 Å². The number of carbonyl (C=O) groups is 2. The maximum atomic E-state index is 12.3. The van der Waals surface area contributed by atoms with Crippen molar-refractivity contribution in [2.75, 3.05) is 59.9 Å². The van der Waals surface area contributed by atoms with Gasteiger partial charge in [0.05, 0.1) is 6.04 Å². The van der Waals surface area contributed by atoms with Crippen LogP contribution in [0.1, 0.15) is 58.3 Å². The van der Waals surface area contributed by atoms with Gasteiger partial charge in [0.1, 0.15) is 0 Å². The number of halogens is 1. The molecule has 0 aromatic heterocycles. The lowest BCUT2D eigenvalue weighted by Crippen LogP contribution is -2.44. The minimum atomic E-state index is 0. The number of carbonyl (C=O) groups excluding carboxylic acids is 2. The largest absolute Gasteiger partial charge is 0.357 e. The van der Waals surface area contributed by atoms with Gasteiger partial charge in [-0.15, -0.1) is 24.0 Å². The van der Waals surface area contributed by atoms with E-state index in [-0.39, 0.29) is 35.9 Å². The zero-order chi connectivity index (χ0) is 21.8. The molecule has 0 radical (unpaired) electrons. The van der Waals surface area contributed by atoms with Gasteiger partial charge in [0, 0.05) is 59.8 Å². The lowest BCUT2D eigenvalue weighted by Gasteiger charge is -2.26. The van der Waals surface area contributed by atoms with Crippen molar-refractivity contribution in [1.29, 1.82) is 0 Å². The summed E-state index contributed by atoms with van der Waals surface area (Å²) in [7, 11) is 3.67. The van der Waals surface area contributed by atoms with Crippen molar-refractivity contribution in [3.8, 4) is 0 Å². The van der Waals surface area contributed by atoms with Crippen LogP contribution in [0, 0.1) is 0 Å². The Morgan fingerprint density at radius 2 is 1.90 bits per heavy atom. The van der Waals surface area contributed by atoms with Crippen molar-refractivity contribution < 1.29 is 9.59 Å². The predicted octanol–water partition coefficient (Wildman–Crippen LogP) is 1.89. The van der Waals surface area contributed by atoms with Crippen molar-refractivity contribution in [2.45, 2.75) is 64.3 Å². The van der Waals surface area contributed by atoms with E-state index in [4.69, 9.17) is 0 Å². The van der Waals surface area contributed by atoms with Crippen molar-refractivity contribution in [1.82, 2.24) is 25.3 Å². The van der Waals surface area contributed by atoms with E-state index < -0.39 is 0 Å². The number of hydrogen-bond donors (Lipinski definition) is 2. The van der Waals surface area contributed by atoms with E-state index in [9.17, 15) is 9.59 Å². The Balaban J connectivity index is 0.00000480. The summed E-state index contributed by atoms with van der Waals surface area (Å²) in [6, 6.07) is 0.0450. The van der Waals surface area contributed by atoms with E-state index in [0.717, 1.165) is 90.2 Å². The molecule has 0 aromatic carbocycles. The SMILES string of the molecule is CCNC(=NCCCN1CCCCCC1=O)NCCCN1CCCC1C(=O)N(C)C.I. The van der Waals surface area contributed by atoms with Crippen LogP contribution >= 0.6 is 24.0 Å². The third kappa shape index (κ3) is 9.93. The molecule has 0 saturated carbocycles. The fourth-order valence-electron chi connectivity index (χ4n) is 4.23. The molecule has 180 valence electrons. The fraction of sp³-hybridized carbons (Fsp3) is 0.864. The molecule has 2 N–H and O–H groups in total. The molecular formula is C22H43IN6O2. The first-order chi connectivity index (χ1) is 14.5. The summed E-state index contributed by atoms with van der Waals surface area (Å²) in [5.74, 6) is 1.36. The first-order valence-corrected chi connectivity index (χ1v) is 11.8. The number of rotatable bonds is 10. The van der Waals surface area contributed by atoms with Crippen LogP contribution < -0.4 is 10.6 Å². The van der Waals surface area contributed by atoms with Gasteiger partial charge in [-0.2, -0.15) is 0 Å². The van der Waals surface area contributed by atoms with Crippen LogP contribution in [-0.4, -0.2) is 98.4 Å². The molecule has 2 rings (SSSR count). The van der Waals surface area contributed by atoms with Crippen molar-refractivity contribution >= 4 is 41.8 Å². The fourth-order valence-corrected chi connectivity index (χ4v) is 4.23. The second-order valence-electron chi connectivity index (χ2n) is 8.51. The first-order valence-electron chi connectivity index (χ1n) is 11.8. The smallest absolute Gasteiger partial charge is 0.239 e. The van der Waals surface area contributed by atoms with Crippen LogP contribution in [0.15, 0.2) is 4.99 Å².